The molecule has 2 aliphatic heterocycles. The minimum atomic E-state index is -0.451. The van der Waals surface area contributed by atoms with Gasteiger partial charge in [-0.05, 0) is 48.6 Å². The van der Waals surface area contributed by atoms with E-state index in [0.29, 0.717) is 36.6 Å². The van der Waals surface area contributed by atoms with Crippen molar-refractivity contribution in [3.63, 3.8) is 0 Å². The van der Waals surface area contributed by atoms with Crippen LogP contribution in [0.5, 0.6) is 17.4 Å². The summed E-state index contributed by atoms with van der Waals surface area (Å²) in [5.74, 6) is 0.0616. The Morgan fingerprint density at radius 2 is 2.03 bits per heavy atom. The number of amides is 1. The fourth-order valence-corrected chi connectivity index (χ4v) is 4.43. The van der Waals surface area contributed by atoms with Crippen molar-refractivity contribution in [3.05, 3.63) is 67.2 Å². The highest BCUT2D eigenvalue weighted by Gasteiger charge is 2.19. The van der Waals surface area contributed by atoms with Crippen LogP contribution >= 0.6 is 23.6 Å². The molecule has 0 saturated carbocycles. The number of aromatic hydroxyl groups is 1. The maximum absolute atomic E-state index is 13.6. The van der Waals surface area contributed by atoms with E-state index < -0.39 is 11.7 Å². The molecule has 0 bridgehead atoms. The molecule has 2 aliphatic rings. The van der Waals surface area contributed by atoms with Gasteiger partial charge in [0.25, 0.3) is 5.91 Å². The highest BCUT2D eigenvalue weighted by Crippen LogP contribution is 2.32. The van der Waals surface area contributed by atoms with Crippen LogP contribution in [0.25, 0.3) is 17.8 Å². The molecule has 1 amide bonds. The number of nitrogens with zero attached hydrogens (tertiary/aromatic N) is 2. The van der Waals surface area contributed by atoms with Crippen molar-refractivity contribution in [2.75, 3.05) is 6.79 Å². The van der Waals surface area contributed by atoms with Gasteiger partial charge in [-0.1, -0.05) is 6.07 Å². The monoisotopic (exact) mass is 426 g/mol. The molecule has 0 fully saturated rings. The molecule has 1 N–H and O–H groups in total. The number of halogens is 1. The van der Waals surface area contributed by atoms with Crippen molar-refractivity contribution in [1.29, 1.82) is 0 Å². The fourth-order valence-electron chi connectivity index (χ4n) is 3.13. The quantitative estimate of drug-likeness (QED) is 0.504. The fraction of sp³-hybridized carbons (Fsp3) is 0.0500. The Kier molecular flexibility index (Phi) is 4.07. The molecular formula is C20H11FN2O4S2. The molecule has 6 nitrogen and oxygen atoms in total. The SMILES string of the molecule is O=C1N=c2cc3c(cc2=C/C1=C/c1sc(=S)n(-c2cccc(F)c2)c1O)OCO3. The number of carbonyl (C=O) groups is 1. The van der Waals surface area contributed by atoms with Crippen LogP contribution < -0.4 is 20.0 Å². The molecule has 3 heterocycles. The molecule has 2 aromatic carbocycles. The number of thiazole rings is 1. The average Bonchev–Trinajstić information content (AvgIpc) is 3.24. The number of rotatable bonds is 2. The molecule has 29 heavy (non-hydrogen) atoms. The summed E-state index contributed by atoms with van der Waals surface area (Å²) >= 11 is 6.43. The zero-order chi connectivity index (χ0) is 20.1. The van der Waals surface area contributed by atoms with Gasteiger partial charge in [-0.3, -0.25) is 9.36 Å². The topological polar surface area (TPSA) is 73.1 Å². The first-order valence-electron chi connectivity index (χ1n) is 8.46. The van der Waals surface area contributed by atoms with Gasteiger partial charge >= 0.3 is 0 Å². The summed E-state index contributed by atoms with van der Waals surface area (Å²) in [6.07, 6.45) is 3.19. The van der Waals surface area contributed by atoms with Crippen LogP contribution in [0.1, 0.15) is 4.88 Å². The number of ether oxygens (including phenoxy) is 2. The lowest BCUT2D eigenvalue weighted by Gasteiger charge is -2.06. The molecule has 5 rings (SSSR count). The summed E-state index contributed by atoms with van der Waals surface area (Å²) in [6, 6.07) is 9.14. The minimum Gasteiger partial charge on any atom is -0.493 e. The normalized spacial score (nSPS) is 15.8. The molecular weight excluding hydrogens is 415 g/mol. The van der Waals surface area contributed by atoms with E-state index in [2.05, 4.69) is 4.99 Å². The van der Waals surface area contributed by atoms with Crippen LogP contribution in [0.4, 0.5) is 4.39 Å². The lowest BCUT2D eigenvalue weighted by Crippen LogP contribution is -2.30. The summed E-state index contributed by atoms with van der Waals surface area (Å²) < 4.78 is 25.9. The van der Waals surface area contributed by atoms with Crippen molar-refractivity contribution in [2.24, 2.45) is 4.99 Å². The maximum Gasteiger partial charge on any atom is 0.277 e. The summed E-state index contributed by atoms with van der Waals surface area (Å²) in [7, 11) is 0. The van der Waals surface area contributed by atoms with Crippen LogP contribution in [0, 0.1) is 9.77 Å². The molecule has 0 saturated heterocycles. The van der Waals surface area contributed by atoms with Crippen LogP contribution in [-0.4, -0.2) is 22.4 Å². The third-order valence-electron chi connectivity index (χ3n) is 4.47. The van der Waals surface area contributed by atoms with Gasteiger partial charge in [0, 0.05) is 16.9 Å². The molecule has 3 aromatic rings. The molecule has 0 unspecified atom stereocenters. The number of carbonyl (C=O) groups excluding carboxylic acids is 1. The van der Waals surface area contributed by atoms with E-state index in [1.165, 1.54) is 28.8 Å². The molecule has 9 heteroatoms. The van der Waals surface area contributed by atoms with E-state index in [0.717, 1.165) is 11.3 Å². The van der Waals surface area contributed by atoms with Gasteiger partial charge in [-0.15, -0.1) is 11.3 Å². The number of aromatic nitrogens is 1. The standard InChI is InChI=1S/C20H11FN2O4S2/c21-12-2-1-3-13(7-12)23-19(25)17(29-20(23)28)6-11-4-10-5-15-16(27-9-26-15)8-14(10)22-18(11)24/h1-8,25H,9H2/b11-6-. The van der Waals surface area contributed by atoms with Crippen LogP contribution in [-0.2, 0) is 4.79 Å². The van der Waals surface area contributed by atoms with E-state index in [1.54, 1.807) is 24.3 Å². The molecule has 0 radical (unpaired) electrons. The summed E-state index contributed by atoms with van der Waals surface area (Å²) in [5.41, 5.74) is 0.685. The van der Waals surface area contributed by atoms with Crippen molar-refractivity contribution in [3.8, 4) is 23.1 Å². The van der Waals surface area contributed by atoms with Crippen molar-refractivity contribution in [1.82, 2.24) is 4.57 Å². The van der Waals surface area contributed by atoms with Gasteiger partial charge in [0.05, 0.1) is 15.9 Å². The Labute approximate surface area is 172 Å². The molecule has 1 aromatic heterocycles. The zero-order valence-electron chi connectivity index (χ0n) is 14.6. The number of fused-ring (bicyclic) bond motifs is 2. The third kappa shape index (κ3) is 3.04. The molecule has 144 valence electrons. The van der Waals surface area contributed by atoms with E-state index >= 15 is 0 Å². The highest BCUT2D eigenvalue weighted by atomic mass is 32.1. The number of hydrogen-bond donors (Lipinski definition) is 1. The predicted octanol–water partition coefficient (Wildman–Crippen LogP) is 2.87. The van der Waals surface area contributed by atoms with Gasteiger partial charge in [0.15, 0.2) is 15.5 Å². The Hall–Kier alpha value is -3.30. The Morgan fingerprint density at radius 1 is 1.24 bits per heavy atom. The first-order valence-corrected chi connectivity index (χ1v) is 9.69. The minimum absolute atomic E-state index is 0.125. The van der Waals surface area contributed by atoms with E-state index in [9.17, 15) is 14.3 Å². The van der Waals surface area contributed by atoms with Crippen LogP contribution in [0.15, 0.2) is 47.0 Å². The Balaban J connectivity index is 1.62. The molecule has 0 aliphatic carbocycles. The molecule has 0 atom stereocenters. The lowest BCUT2D eigenvalue weighted by atomic mass is 10.1. The van der Waals surface area contributed by atoms with E-state index in [4.69, 9.17) is 21.7 Å². The van der Waals surface area contributed by atoms with Crippen LogP contribution in [0.3, 0.4) is 0 Å². The summed E-state index contributed by atoms with van der Waals surface area (Å²) in [6.45, 7) is 0.125. The van der Waals surface area contributed by atoms with E-state index in [1.807, 2.05) is 0 Å². The largest absolute Gasteiger partial charge is 0.493 e. The van der Waals surface area contributed by atoms with Gasteiger partial charge in [-0.2, -0.15) is 0 Å². The van der Waals surface area contributed by atoms with Crippen LogP contribution in [0.2, 0.25) is 0 Å². The van der Waals surface area contributed by atoms with Crippen molar-refractivity contribution in [2.45, 2.75) is 0 Å². The summed E-state index contributed by atoms with van der Waals surface area (Å²) in [5, 5.41) is 11.8. The van der Waals surface area contributed by atoms with Crippen molar-refractivity contribution >= 4 is 41.6 Å². The Morgan fingerprint density at radius 3 is 2.83 bits per heavy atom. The van der Waals surface area contributed by atoms with Gasteiger partial charge in [0.2, 0.25) is 12.7 Å². The second-order valence-corrected chi connectivity index (χ2v) is 7.97. The zero-order valence-corrected chi connectivity index (χ0v) is 16.2. The first-order chi connectivity index (χ1) is 14.0. The number of benzene rings is 2. The smallest absolute Gasteiger partial charge is 0.277 e. The highest BCUT2D eigenvalue weighted by molar-refractivity contribution is 7.73. The number of hydrogen-bond acceptors (Lipinski definition) is 6. The average molecular weight is 426 g/mol. The van der Waals surface area contributed by atoms with Gasteiger partial charge in [0.1, 0.15) is 5.82 Å². The van der Waals surface area contributed by atoms with Gasteiger partial charge in [-0.25, -0.2) is 9.38 Å². The first kappa shape index (κ1) is 17.8. The Bertz CT molecular complexity index is 1400. The lowest BCUT2D eigenvalue weighted by molar-refractivity contribution is -0.114. The second kappa shape index (κ2) is 6.64. The third-order valence-corrected chi connectivity index (χ3v) is 5.78. The van der Waals surface area contributed by atoms with E-state index in [-0.39, 0.29) is 18.2 Å². The van der Waals surface area contributed by atoms with Crippen molar-refractivity contribution < 1.29 is 23.8 Å². The summed E-state index contributed by atoms with van der Waals surface area (Å²) in [4.78, 5) is 17.0. The second-order valence-electron chi connectivity index (χ2n) is 6.30. The van der Waals surface area contributed by atoms with Gasteiger partial charge < -0.3 is 14.6 Å². The molecule has 0 spiro atoms. The predicted molar refractivity (Wildman–Crippen MR) is 107 cm³/mol. The maximum atomic E-state index is 13.6.